The zero-order valence-corrected chi connectivity index (χ0v) is 10.8. The largest absolute Gasteiger partial charge is 0.497 e. The number of aryl methyl sites for hydroxylation is 1. The van der Waals surface area contributed by atoms with Gasteiger partial charge < -0.3 is 15.2 Å². The Morgan fingerprint density at radius 1 is 1.40 bits per heavy atom. The molecule has 1 aromatic heterocycles. The number of hydrogen-bond acceptors (Lipinski definition) is 5. The minimum Gasteiger partial charge on any atom is -0.497 e. The highest BCUT2D eigenvalue weighted by atomic mass is 16.5. The summed E-state index contributed by atoms with van der Waals surface area (Å²) in [5, 5.41) is 17.8. The molecule has 3 N–H and O–H groups in total. The molecule has 0 atom stereocenters. The van der Waals surface area contributed by atoms with Crippen LogP contribution >= 0.6 is 0 Å². The number of H-pyrrole nitrogens is 1. The van der Waals surface area contributed by atoms with Gasteiger partial charge in [-0.25, -0.2) is 9.78 Å². The van der Waals surface area contributed by atoms with Gasteiger partial charge in [-0.2, -0.15) is 0 Å². The molecular weight excluding hydrogens is 264 g/mol. The first-order valence-electron chi connectivity index (χ1n) is 5.63. The normalized spacial score (nSPS) is 10.1. The quantitative estimate of drug-likeness (QED) is 0.769. The summed E-state index contributed by atoms with van der Waals surface area (Å²) >= 11 is 0. The number of aromatic nitrogens is 3. The molecule has 0 fully saturated rings. The minimum atomic E-state index is -1.16. The van der Waals surface area contributed by atoms with E-state index in [9.17, 15) is 9.59 Å². The Hall–Kier alpha value is -2.90. The lowest BCUT2D eigenvalue weighted by molar-refractivity contribution is 0.0698. The van der Waals surface area contributed by atoms with Crippen LogP contribution in [0.15, 0.2) is 18.2 Å². The number of carboxylic acid groups (broad SMARTS) is 1. The van der Waals surface area contributed by atoms with Gasteiger partial charge in [0.05, 0.1) is 18.4 Å². The fourth-order valence-electron chi connectivity index (χ4n) is 1.56. The van der Waals surface area contributed by atoms with E-state index < -0.39 is 11.9 Å². The summed E-state index contributed by atoms with van der Waals surface area (Å²) in [6, 6.07) is 4.26. The first-order valence-corrected chi connectivity index (χ1v) is 5.63. The number of amides is 1. The Morgan fingerprint density at radius 3 is 2.70 bits per heavy atom. The number of ether oxygens (including phenoxy) is 1. The molecule has 0 saturated heterocycles. The van der Waals surface area contributed by atoms with Gasteiger partial charge in [0.2, 0.25) is 5.82 Å². The van der Waals surface area contributed by atoms with Gasteiger partial charge in [0, 0.05) is 6.07 Å². The highest BCUT2D eigenvalue weighted by molar-refractivity contribution is 6.06. The van der Waals surface area contributed by atoms with Gasteiger partial charge in [0.1, 0.15) is 11.6 Å². The van der Waals surface area contributed by atoms with Crippen molar-refractivity contribution in [3.05, 3.63) is 35.4 Å². The number of aromatic amines is 1. The number of benzene rings is 1. The Balaban J connectivity index is 2.31. The first kappa shape index (κ1) is 13.5. The second kappa shape index (κ2) is 5.39. The van der Waals surface area contributed by atoms with E-state index >= 15 is 0 Å². The summed E-state index contributed by atoms with van der Waals surface area (Å²) < 4.78 is 5.00. The van der Waals surface area contributed by atoms with E-state index in [1.807, 2.05) is 0 Å². The number of rotatable bonds is 4. The number of carboxylic acids is 1. The van der Waals surface area contributed by atoms with Crippen LogP contribution in [0.2, 0.25) is 0 Å². The molecule has 0 aliphatic heterocycles. The lowest BCUT2D eigenvalue weighted by atomic mass is 10.1. The van der Waals surface area contributed by atoms with E-state index in [2.05, 4.69) is 20.5 Å². The van der Waals surface area contributed by atoms with Crippen LogP contribution in [0.25, 0.3) is 0 Å². The Morgan fingerprint density at radius 2 is 2.15 bits per heavy atom. The van der Waals surface area contributed by atoms with Gasteiger partial charge in [0.25, 0.3) is 5.91 Å². The molecule has 0 spiro atoms. The van der Waals surface area contributed by atoms with Crippen molar-refractivity contribution in [3.8, 4) is 5.75 Å². The van der Waals surface area contributed by atoms with Gasteiger partial charge in [-0.1, -0.05) is 0 Å². The van der Waals surface area contributed by atoms with Crippen molar-refractivity contribution in [2.75, 3.05) is 12.4 Å². The summed E-state index contributed by atoms with van der Waals surface area (Å²) in [6.45, 7) is 1.65. The van der Waals surface area contributed by atoms with E-state index in [1.165, 1.54) is 25.3 Å². The zero-order chi connectivity index (χ0) is 14.7. The van der Waals surface area contributed by atoms with Crippen molar-refractivity contribution in [1.82, 2.24) is 15.2 Å². The van der Waals surface area contributed by atoms with Crippen LogP contribution < -0.4 is 10.1 Å². The van der Waals surface area contributed by atoms with Crippen molar-refractivity contribution in [1.29, 1.82) is 0 Å². The second-order valence-corrected chi connectivity index (χ2v) is 3.92. The first-order chi connectivity index (χ1) is 9.51. The third kappa shape index (κ3) is 2.74. The van der Waals surface area contributed by atoms with Crippen LogP contribution in [-0.4, -0.2) is 39.3 Å². The summed E-state index contributed by atoms with van der Waals surface area (Å²) in [5.41, 5.74) is 0.0655. The monoisotopic (exact) mass is 276 g/mol. The highest BCUT2D eigenvalue weighted by Gasteiger charge is 2.17. The van der Waals surface area contributed by atoms with Crippen molar-refractivity contribution in [2.45, 2.75) is 6.92 Å². The number of nitrogens with one attached hydrogen (secondary N) is 2. The lowest BCUT2D eigenvalue weighted by Crippen LogP contribution is -2.16. The Kier molecular flexibility index (Phi) is 3.65. The van der Waals surface area contributed by atoms with E-state index in [4.69, 9.17) is 9.84 Å². The SMILES string of the molecule is COc1ccc(C(=O)O)c(NC(=O)c2n[nH]c(C)n2)c1. The van der Waals surface area contributed by atoms with Crippen LogP contribution in [0.1, 0.15) is 26.8 Å². The van der Waals surface area contributed by atoms with Crippen molar-refractivity contribution in [3.63, 3.8) is 0 Å². The minimum absolute atomic E-state index is 0.0496. The predicted octanol–water partition coefficient (Wildman–Crippen LogP) is 1.07. The molecule has 0 aliphatic carbocycles. The van der Waals surface area contributed by atoms with Gasteiger partial charge in [-0.05, 0) is 19.1 Å². The molecule has 2 rings (SSSR count). The van der Waals surface area contributed by atoms with Crippen molar-refractivity contribution >= 4 is 17.6 Å². The summed E-state index contributed by atoms with van der Waals surface area (Å²) in [7, 11) is 1.44. The number of nitrogens with zero attached hydrogens (tertiary/aromatic N) is 2. The smallest absolute Gasteiger partial charge is 0.337 e. The molecule has 0 bridgehead atoms. The third-order valence-electron chi connectivity index (χ3n) is 2.51. The number of methoxy groups -OCH3 is 1. The average molecular weight is 276 g/mol. The van der Waals surface area contributed by atoms with Gasteiger partial charge in [0.15, 0.2) is 0 Å². The topological polar surface area (TPSA) is 117 Å². The van der Waals surface area contributed by atoms with E-state index in [1.54, 1.807) is 6.92 Å². The number of anilines is 1. The molecule has 0 aliphatic rings. The molecule has 1 amide bonds. The van der Waals surface area contributed by atoms with Crippen LogP contribution in [-0.2, 0) is 0 Å². The standard InChI is InChI=1S/C12H12N4O4/c1-6-13-10(16-15-6)11(17)14-9-5-7(20-2)3-4-8(9)12(18)19/h3-5H,1-2H3,(H,14,17)(H,18,19)(H,13,15,16). The lowest BCUT2D eigenvalue weighted by Gasteiger charge is -2.09. The molecule has 1 aromatic carbocycles. The molecule has 8 nitrogen and oxygen atoms in total. The molecule has 2 aromatic rings. The van der Waals surface area contributed by atoms with E-state index in [0.717, 1.165) is 0 Å². The van der Waals surface area contributed by atoms with Crippen LogP contribution in [0, 0.1) is 6.92 Å². The zero-order valence-electron chi connectivity index (χ0n) is 10.8. The maximum atomic E-state index is 11.9. The molecule has 20 heavy (non-hydrogen) atoms. The van der Waals surface area contributed by atoms with E-state index in [-0.39, 0.29) is 17.1 Å². The number of carbonyl (C=O) groups is 2. The van der Waals surface area contributed by atoms with Crippen LogP contribution in [0.4, 0.5) is 5.69 Å². The number of hydrogen-bond donors (Lipinski definition) is 3. The molecule has 1 heterocycles. The number of carbonyl (C=O) groups excluding carboxylic acids is 1. The average Bonchev–Trinajstić information content (AvgIpc) is 2.85. The highest BCUT2D eigenvalue weighted by Crippen LogP contribution is 2.23. The van der Waals surface area contributed by atoms with E-state index in [0.29, 0.717) is 11.6 Å². The molecule has 0 saturated carbocycles. The fraction of sp³-hybridized carbons (Fsp3) is 0.167. The molecule has 0 radical (unpaired) electrons. The molecule has 8 heteroatoms. The third-order valence-corrected chi connectivity index (χ3v) is 2.51. The van der Waals surface area contributed by atoms with Crippen molar-refractivity contribution < 1.29 is 19.4 Å². The van der Waals surface area contributed by atoms with Crippen molar-refractivity contribution in [2.24, 2.45) is 0 Å². The van der Waals surface area contributed by atoms with Gasteiger partial charge >= 0.3 is 5.97 Å². The van der Waals surface area contributed by atoms with Gasteiger partial charge in [-0.15, -0.1) is 5.10 Å². The fourth-order valence-corrected chi connectivity index (χ4v) is 1.56. The van der Waals surface area contributed by atoms with Crippen LogP contribution in [0.5, 0.6) is 5.75 Å². The molecule has 104 valence electrons. The van der Waals surface area contributed by atoms with Crippen LogP contribution in [0.3, 0.4) is 0 Å². The molecular formula is C12H12N4O4. The summed E-state index contributed by atoms with van der Waals surface area (Å²) in [5.74, 6) is -0.920. The maximum Gasteiger partial charge on any atom is 0.337 e. The predicted molar refractivity (Wildman–Crippen MR) is 69.0 cm³/mol. The Labute approximate surface area is 113 Å². The second-order valence-electron chi connectivity index (χ2n) is 3.92. The Bertz CT molecular complexity index is 665. The summed E-state index contributed by atoms with van der Waals surface area (Å²) in [6.07, 6.45) is 0. The maximum absolute atomic E-state index is 11.9. The summed E-state index contributed by atoms with van der Waals surface area (Å²) in [4.78, 5) is 26.9. The van der Waals surface area contributed by atoms with Gasteiger partial charge in [-0.3, -0.25) is 9.89 Å². The number of aromatic carboxylic acids is 1. The molecule has 0 unspecified atom stereocenters.